The van der Waals surface area contributed by atoms with Crippen molar-refractivity contribution in [3.8, 4) is 11.3 Å². The van der Waals surface area contributed by atoms with Crippen LogP contribution in [0.2, 0.25) is 0 Å². The summed E-state index contributed by atoms with van der Waals surface area (Å²) in [6, 6.07) is 3.99. The number of aryl methyl sites for hydroxylation is 1. The van der Waals surface area contributed by atoms with Gasteiger partial charge in [0, 0.05) is 18.5 Å². The summed E-state index contributed by atoms with van der Waals surface area (Å²) in [6.45, 7) is 6.18. The number of nitrogens with zero attached hydrogens (tertiary/aromatic N) is 2. The third kappa shape index (κ3) is 2.43. The number of halogens is 2. The molecule has 1 aromatic carbocycles. The van der Waals surface area contributed by atoms with Gasteiger partial charge in [-0.25, -0.2) is 13.8 Å². The van der Waals surface area contributed by atoms with E-state index in [9.17, 15) is 8.78 Å². The van der Waals surface area contributed by atoms with Crippen LogP contribution in [0.1, 0.15) is 19.2 Å². The number of hydrogen-bond acceptors (Lipinski definition) is 2. The maximum Gasteiger partial charge on any atom is 0.168 e. The number of anilines is 1. The zero-order valence-electron chi connectivity index (χ0n) is 11.4. The molecule has 1 heterocycles. The zero-order valence-corrected chi connectivity index (χ0v) is 11.4. The Bertz CT molecular complexity index is 632. The molecule has 5 heteroatoms. The van der Waals surface area contributed by atoms with Crippen molar-refractivity contribution in [3.63, 3.8) is 0 Å². The number of imidazole rings is 1. The minimum absolute atomic E-state index is 0.0858. The van der Waals surface area contributed by atoms with Crippen molar-refractivity contribution in [2.75, 3.05) is 5.73 Å². The third-order valence-corrected chi connectivity index (χ3v) is 3.08. The molecule has 2 N–H and O–H groups in total. The Hall–Kier alpha value is -2.17. The average Bonchev–Trinajstić information content (AvgIpc) is 2.72. The number of hydrogen-bond donors (Lipinski definition) is 1. The van der Waals surface area contributed by atoms with Crippen molar-refractivity contribution in [3.05, 3.63) is 48.3 Å². The quantitative estimate of drug-likeness (QED) is 0.849. The number of allylic oxidation sites excluding steroid dienone is 1. The molecule has 20 heavy (non-hydrogen) atoms. The lowest BCUT2D eigenvalue weighted by Gasteiger charge is -2.06. The van der Waals surface area contributed by atoms with E-state index in [1.807, 2.05) is 6.92 Å². The Balaban J connectivity index is 2.59. The zero-order chi connectivity index (χ0) is 14.7. The van der Waals surface area contributed by atoms with Gasteiger partial charge in [-0.05, 0) is 18.6 Å². The summed E-state index contributed by atoms with van der Waals surface area (Å²) in [7, 11) is 0. The van der Waals surface area contributed by atoms with Crippen molar-refractivity contribution in [1.29, 1.82) is 0 Å². The lowest BCUT2D eigenvalue weighted by atomic mass is 10.1. The van der Waals surface area contributed by atoms with E-state index < -0.39 is 11.6 Å². The van der Waals surface area contributed by atoms with Crippen LogP contribution < -0.4 is 5.73 Å². The van der Waals surface area contributed by atoms with Crippen LogP contribution in [-0.2, 0) is 13.0 Å². The number of rotatable bonds is 5. The molecule has 3 nitrogen and oxygen atoms in total. The van der Waals surface area contributed by atoms with E-state index in [-0.39, 0.29) is 11.3 Å². The summed E-state index contributed by atoms with van der Waals surface area (Å²) in [6.07, 6.45) is 3.30. The van der Waals surface area contributed by atoms with Gasteiger partial charge >= 0.3 is 0 Å². The van der Waals surface area contributed by atoms with E-state index in [1.54, 1.807) is 10.6 Å². The summed E-state index contributed by atoms with van der Waals surface area (Å²) in [4.78, 5) is 4.37. The average molecular weight is 277 g/mol. The van der Waals surface area contributed by atoms with Crippen molar-refractivity contribution in [1.82, 2.24) is 9.55 Å². The molecule has 0 atom stereocenters. The second-order valence-corrected chi connectivity index (χ2v) is 4.51. The SMILES string of the molecule is C=CCn1c(CCC)nc(-c2cccc(F)c2F)c1N. The van der Waals surface area contributed by atoms with Crippen LogP contribution in [0.3, 0.4) is 0 Å². The van der Waals surface area contributed by atoms with Crippen molar-refractivity contribution < 1.29 is 8.78 Å². The Labute approximate surface area is 116 Å². The molecule has 0 aliphatic rings. The van der Waals surface area contributed by atoms with E-state index >= 15 is 0 Å². The first-order chi connectivity index (χ1) is 9.60. The fourth-order valence-corrected chi connectivity index (χ4v) is 2.15. The number of benzene rings is 1. The molecule has 0 fully saturated rings. The van der Waals surface area contributed by atoms with Crippen molar-refractivity contribution >= 4 is 5.82 Å². The van der Waals surface area contributed by atoms with E-state index in [1.165, 1.54) is 12.1 Å². The Kier molecular flexibility index (Phi) is 4.17. The molecule has 106 valence electrons. The molecule has 0 unspecified atom stereocenters. The van der Waals surface area contributed by atoms with Gasteiger partial charge in [0.1, 0.15) is 17.3 Å². The highest BCUT2D eigenvalue weighted by Gasteiger charge is 2.19. The van der Waals surface area contributed by atoms with Crippen LogP contribution in [0.4, 0.5) is 14.6 Å². The van der Waals surface area contributed by atoms with Gasteiger partial charge in [0.25, 0.3) is 0 Å². The predicted octanol–water partition coefficient (Wildman–Crippen LogP) is 3.55. The molecule has 2 rings (SSSR count). The van der Waals surface area contributed by atoms with Gasteiger partial charge in [-0.15, -0.1) is 6.58 Å². The number of nitrogen functional groups attached to an aromatic ring is 1. The van der Waals surface area contributed by atoms with Crippen LogP contribution in [0.25, 0.3) is 11.3 Å². The van der Waals surface area contributed by atoms with E-state index in [0.29, 0.717) is 12.4 Å². The summed E-state index contributed by atoms with van der Waals surface area (Å²) >= 11 is 0. The summed E-state index contributed by atoms with van der Waals surface area (Å²) in [5.74, 6) is -0.746. The topological polar surface area (TPSA) is 43.8 Å². The van der Waals surface area contributed by atoms with Gasteiger partial charge < -0.3 is 10.3 Å². The van der Waals surface area contributed by atoms with Crippen LogP contribution in [0, 0.1) is 11.6 Å². The molecule has 0 bridgehead atoms. The molecule has 0 amide bonds. The molecule has 2 aromatic rings. The molecule has 0 radical (unpaired) electrons. The third-order valence-electron chi connectivity index (χ3n) is 3.08. The molecule has 0 spiro atoms. The number of aromatic nitrogens is 2. The van der Waals surface area contributed by atoms with Crippen LogP contribution in [-0.4, -0.2) is 9.55 Å². The van der Waals surface area contributed by atoms with Gasteiger partial charge in [0.15, 0.2) is 11.6 Å². The Morgan fingerprint density at radius 1 is 1.40 bits per heavy atom. The normalized spacial score (nSPS) is 10.8. The van der Waals surface area contributed by atoms with E-state index in [2.05, 4.69) is 11.6 Å². The Morgan fingerprint density at radius 3 is 2.80 bits per heavy atom. The lowest BCUT2D eigenvalue weighted by molar-refractivity contribution is 0.511. The summed E-state index contributed by atoms with van der Waals surface area (Å²) in [5, 5.41) is 0. The monoisotopic (exact) mass is 277 g/mol. The van der Waals surface area contributed by atoms with Gasteiger partial charge in [0.2, 0.25) is 0 Å². The molecule has 0 aliphatic carbocycles. The van der Waals surface area contributed by atoms with E-state index in [0.717, 1.165) is 24.7 Å². The van der Waals surface area contributed by atoms with Gasteiger partial charge in [-0.3, -0.25) is 0 Å². The number of nitrogens with two attached hydrogens (primary N) is 1. The van der Waals surface area contributed by atoms with Gasteiger partial charge in [0.05, 0.1) is 0 Å². The van der Waals surface area contributed by atoms with Gasteiger partial charge in [-0.1, -0.05) is 19.1 Å². The first kappa shape index (κ1) is 14.2. The summed E-state index contributed by atoms with van der Waals surface area (Å²) < 4.78 is 29.0. The van der Waals surface area contributed by atoms with Gasteiger partial charge in [-0.2, -0.15) is 0 Å². The van der Waals surface area contributed by atoms with Crippen LogP contribution in [0.5, 0.6) is 0 Å². The standard InChI is InChI=1S/C15H17F2N3/c1-3-6-12-19-14(15(18)20(12)9-4-2)10-7-5-8-11(16)13(10)17/h4-5,7-8H,2-3,6,9,18H2,1H3. The second-order valence-electron chi connectivity index (χ2n) is 4.51. The first-order valence-corrected chi connectivity index (χ1v) is 6.50. The molecule has 0 aliphatic heterocycles. The minimum Gasteiger partial charge on any atom is -0.383 e. The molecular formula is C15H17F2N3. The highest BCUT2D eigenvalue weighted by atomic mass is 19.2. The first-order valence-electron chi connectivity index (χ1n) is 6.50. The van der Waals surface area contributed by atoms with Crippen molar-refractivity contribution in [2.45, 2.75) is 26.3 Å². The van der Waals surface area contributed by atoms with E-state index in [4.69, 9.17) is 5.73 Å². The fourth-order valence-electron chi connectivity index (χ4n) is 2.15. The van der Waals surface area contributed by atoms with Crippen LogP contribution >= 0.6 is 0 Å². The minimum atomic E-state index is -0.925. The highest BCUT2D eigenvalue weighted by molar-refractivity contribution is 5.71. The molecule has 0 saturated carbocycles. The largest absolute Gasteiger partial charge is 0.383 e. The predicted molar refractivity (Wildman–Crippen MR) is 76.2 cm³/mol. The second kappa shape index (κ2) is 5.86. The lowest BCUT2D eigenvalue weighted by Crippen LogP contribution is -2.06. The van der Waals surface area contributed by atoms with Crippen molar-refractivity contribution in [2.24, 2.45) is 0 Å². The highest BCUT2D eigenvalue weighted by Crippen LogP contribution is 2.30. The maximum atomic E-state index is 13.9. The smallest absolute Gasteiger partial charge is 0.168 e. The Morgan fingerprint density at radius 2 is 2.15 bits per heavy atom. The summed E-state index contributed by atoms with van der Waals surface area (Å²) in [5.41, 5.74) is 6.41. The molecule has 0 saturated heterocycles. The fraction of sp³-hybridized carbons (Fsp3) is 0.267. The molecule has 1 aromatic heterocycles. The van der Waals surface area contributed by atoms with Crippen LogP contribution in [0.15, 0.2) is 30.9 Å². The molecular weight excluding hydrogens is 260 g/mol. The maximum absolute atomic E-state index is 13.9.